The maximum Gasteiger partial charge on any atom is 0.173 e. The Bertz CT molecular complexity index is 571. The third-order valence-electron chi connectivity index (χ3n) is 3.03. The van der Waals surface area contributed by atoms with Crippen LogP contribution in [0.4, 0.5) is 0 Å². The second-order valence-electron chi connectivity index (χ2n) is 9.09. The summed E-state index contributed by atoms with van der Waals surface area (Å²) >= 11 is 0. The van der Waals surface area contributed by atoms with Gasteiger partial charge in [-0.25, -0.2) is 0 Å². The standard InChI is InChI=1S/C18H33N3Si2/c1-18(2,3)17(21-23(7,8)9)14-16(20-22(4,5)6)15-10-12-19-13-11-15/h10-14,21H,1-9H3/b17-14-,20-16-. The van der Waals surface area contributed by atoms with Gasteiger partial charge in [-0.05, 0) is 37.8 Å². The molecule has 3 nitrogen and oxygen atoms in total. The Morgan fingerprint density at radius 1 is 1.04 bits per heavy atom. The predicted molar refractivity (Wildman–Crippen MR) is 108 cm³/mol. The van der Waals surface area contributed by atoms with Gasteiger partial charge in [0, 0.05) is 29.1 Å². The fourth-order valence-corrected chi connectivity index (χ4v) is 4.22. The molecule has 0 unspecified atom stereocenters. The molecule has 0 radical (unpaired) electrons. The Kier molecular flexibility index (Phi) is 6.15. The average molecular weight is 348 g/mol. The molecule has 0 fully saturated rings. The molecule has 1 heterocycles. The van der Waals surface area contributed by atoms with E-state index in [0.29, 0.717) is 0 Å². The van der Waals surface area contributed by atoms with E-state index in [4.69, 9.17) is 4.66 Å². The first-order valence-corrected chi connectivity index (χ1v) is 15.2. The van der Waals surface area contributed by atoms with Crippen molar-refractivity contribution in [1.29, 1.82) is 0 Å². The summed E-state index contributed by atoms with van der Waals surface area (Å²) in [5, 5.41) is 0. The Morgan fingerprint density at radius 2 is 1.57 bits per heavy atom. The summed E-state index contributed by atoms with van der Waals surface area (Å²) in [4.78, 5) is 7.94. The summed E-state index contributed by atoms with van der Waals surface area (Å²) in [5.74, 6) is 0. The summed E-state index contributed by atoms with van der Waals surface area (Å²) in [5.41, 5.74) is 3.54. The van der Waals surface area contributed by atoms with Crippen LogP contribution in [0.3, 0.4) is 0 Å². The normalized spacial score (nSPS) is 14.8. The van der Waals surface area contributed by atoms with Crippen molar-refractivity contribution in [2.45, 2.75) is 60.1 Å². The number of pyridine rings is 1. The molecule has 23 heavy (non-hydrogen) atoms. The first kappa shape index (κ1) is 19.8. The Morgan fingerprint density at radius 3 is 1.96 bits per heavy atom. The summed E-state index contributed by atoms with van der Waals surface area (Å²) in [6.07, 6.45) is 5.93. The molecule has 1 aromatic rings. The molecule has 0 aliphatic rings. The zero-order chi connectivity index (χ0) is 17.9. The van der Waals surface area contributed by atoms with Gasteiger partial charge in [0.1, 0.15) is 8.24 Å². The topological polar surface area (TPSA) is 37.3 Å². The van der Waals surface area contributed by atoms with Crippen LogP contribution in [0.1, 0.15) is 26.3 Å². The monoisotopic (exact) mass is 347 g/mol. The zero-order valence-corrected chi connectivity index (χ0v) is 18.3. The van der Waals surface area contributed by atoms with Crippen molar-refractivity contribution in [3.05, 3.63) is 41.9 Å². The largest absolute Gasteiger partial charge is 0.414 e. The predicted octanol–water partition coefficient (Wildman–Crippen LogP) is 5.06. The summed E-state index contributed by atoms with van der Waals surface area (Å²) in [6.45, 7) is 20.6. The molecule has 0 saturated carbocycles. The van der Waals surface area contributed by atoms with Gasteiger partial charge < -0.3 is 9.64 Å². The van der Waals surface area contributed by atoms with E-state index in [1.54, 1.807) is 0 Å². The van der Waals surface area contributed by atoms with Crippen LogP contribution in [-0.2, 0) is 0 Å². The second-order valence-corrected chi connectivity index (χ2v) is 18.4. The van der Waals surface area contributed by atoms with Crippen molar-refractivity contribution < 1.29 is 0 Å². The molecule has 1 aromatic heterocycles. The van der Waals surface area contributed by atoms with Crippen LogP contribution >= 0.6 is 0 Å². The molecule has 0 amide bonds. The molecule has 0 spiro atoms. The van der Waals surface area contributed by atoms with Gasteiger partial charge in [-0.3, -0.25) is 4.98 Å². The van der Waals surface area contributed by atoms with E-state index in [0.717, 1.165) is 11.3 Å². The second kappa shape index (κ2) is 7.13. The van der Waals surface area contributed by atoms with Crippen LogP contribution in [0.2, 0.25) is 39.3 Å². The summed E-state index contributed by atoms with van der Waals surface area (Å²) < 4.78 is 5.09. The first-order valence-electron chi connectivity index (χ1n) is 8.28. The molecule has 1 N–H and O–H groups in total. The highest BCUT2D eigenvalue weighted by molar-refractivity contribution is 6.76. The number of rotatable bonds is 5. The average Bonchev–Trinajstić information content (AvgIpc) is 2.34. The zero-order valence-electron chi connectivity index (χ0n) is 16.3. The van der Waals surface area contributed by atoms with Crippen molar-refractivity contribution >= 4 is 22.2 Å². The van der Waals surface area contributed by atoms with Crippen LogP contribution in [-0.4, -0.2) is 27.2 Å². The lowest BCUT2D eigenvalue weighted by atomic mass is 9.91. The molecular weight excluding hydrogens is 314 g/mol. The number of nitrogens with one attached hydrogen (secondary N) is 1. The van der Waals surface area contributed by atoms with E-state index in [-0.39, 0.29) is 5.41 Å². The number of hydrogen-bond acceptors (Lipinski definition) is 3. The molecule has 128 valence electrons. The lowest BCUT2D eigenvalue weighted by Crippen LogP contribution is -2.44. The quantitative estimate of drug-likeness (QED) is 0.597. The highest BCUT2D eigenvalue weighted by Gasteiger charge is 2.24. The lowest BCUT2D eigenvalue weighted by Gasteiger charge is -2.31. The van der Waals surface area contributed by atoms with E-state index in [1.165, 1.54) is 5.70 Å². The summed E-state index contributed by atoms with van der Waals surface area (Å²) in [6, 6.07) is 4.09. The SMILES string of the molecule is CC(C)(C)/C(=C/C(=N/[Si](C)(C)C)c1ccncc1)N[Si](C)(C)C. The number of nitrogens with zero attached hydrogens (tertiary/aromatic N) is 2. The first-order chi connectivity index (χ1) is 10.3. The fraction of sp³-hybridized carbons (Fsp3) is 0.556. The maximum absolute atomic E-state index is 5.09. The minimum absolute atomic E-state index is 0.0630. The third kappa shape index (κ3) is 7.75. The van der Waals surface area contributed by atoms with Crippen LogP contribution < -0.4 is 4.98 Å². The minimum atomic E-state index is -1.58. The number of allylic oxidation sites excluding steroid dienone is 2. The highest BCUT2D eigenvalue weighted by atomic mass is 28.3. The molecule has 0 bridgehead atoms. The molecule has 0 atom stereocenters. The molecule has 1 rings (SSSR count). The van der Waals surface area contributed by atoms with Crippen molar-refractivity contribution in [2.75, 3.05) is 0 Å². The van der Waals surface area contributed by atoms with E-state index < -0.39 is 16.5 Å². The van der Waals surface area contributed by atoms with Gasteiger partial charge in [0.25, 0.3) is 0 Å². The third-order valence-corrected chi connectivity index (χ3v) is 4.96. The smallest absolute Gasteiger partial charge is 0.173 e. The molecule has 0 aliphatic carbocycles. The van der Waals surface area contributed by atoms with E-state index in [1.807, 2.05) is 24.5 Å². The van der Waals surface area contributed by atoms with Gasteiger partial charge in [-0.15, -0.1) is 0 Å². The summed E-state index contributed by atoms with van der Waals surface area (Å²) in [7, 11) is -3.01. The molecule has 0 saturated heterocycles. The lowest BCUT2D eigenvalue weighted by molar-refractivity contribution is 0.484. The maximum atomic E-state index is 5.09. The van der Waals surface area contributed by atoms with Gasteiger partial charge in [0.2, 0.25) is 0 Å². The van der Waals surface area contributed by atoms with Gasteiger partial charge in [0.15, 0.2) is 8.24 Å². The van der Waals surface area contributed by atoms with Crippen molar-refractivity contribution in [3.63, 3.8) is 0 Å². The van der Waals surface area contributed by atoms with Crippen LogP contribution in [0.5, 0.6) is 0 Å². The number of hydrogen-bond donors (Lipinski definition) is 1. The molecule has 0 aromatic carbocycles. The van der Waals surface area contributed by atoms with Crippen LogP contribution in [0.15, 0.2) is 41.0 Å². The highest BCUT2D eigenvalue weighted by Crippen LogP contribution is 2.25. The van der Waals surface area contributed by atoms with E-state index in [9.17, 15) is 0 Å². The molecule has 5 heteroatoms. The Balaban J connectivity index is 3.43. The molecule has 0 aliphatic heterocycles. The van der Waals surface area contributed by atoms with Gasteiger partial charge >= 0.3 is 0 Å². The molecular formula is C18H33N3Si2. The van der Waals surface area contributed by atoms with Crippen molar-refractivity contribution in [2.24, 2.45) is 10.1 Å². The van der Waals surface area contributed by atoms with Gasteiger partial charge in [-0.2, -0.15) is 0 Å². The van der Waals surface area contributed by atoms with Crippen molar-refractivity contribution in [1.82, 2.24) is 9.97 Å². The van der Waals surface area contributed by atoms with Crippen molar-refractivity contribution in [3.8, 4) is 0 Å². The minimum Gasteiger partial charge on any atom is -0.414 e. The Hall–Kier alpha value is -1.21. The fourth-order valence-electron chi connectivity index (χ4n) is 2.05. The van der Waals surface area contributed by atoms with Crippen LogP contribution in [0, 0.1) is 5.41 Å². The number of aromatic nitrogens is 1. The van der Waals surface area contributed by atoms with E-state index >= 15 is 0 Å². The van der Waals surface area contributed by atoms with Gasteiger partial charge in [-0.1, -0.05) is 40.4 Å². The van der Waals surface area contributed by atoms with E-state index in [2.05, 4.69) is 76.1 Å². The van der Waals surface area contributed by atoms with Gasteiger partial charge in [0.05, 0.1) is 5.71 Å². The Labute approximate surface area is 144 Å². The van der Waals surface area contributed by atoms with Crippen LogP contribution in [0.25, 0.3) is 0 Å².